The van der Waals surface area contributed by atoms with Gasteiger partial charge in [-0.1, -0.05) is 60.2 Å². The number of aryl methyl sites for hydroxylation is 2. The fourth-order valence-electron chi connectivity index (χ4n) is 4.22. The maximum absolute atomic E-state index is 13.3. The molecule has 0 spiro atoms. The molecule has 168 valence electrons. The molecule has 0 radical (unpaired) electrons. The zero-order valence-electron chi connectivity index (χ0n) is 18.8. The Labute approximate surface area is 193 Å². The number of ketones is 1. The average Bonchev–Trinajstić information content (AvgIpc) is 3.09. The van der Waals surface area contributed by atoms with Gasteiger partial charge in [0.2, 0.25) is 0 Å². The van der Waals surface area contributed by atoms with Crippen LogP contribution in [-0.2, 0) is 16.0 Å². The van der Waals surface area contributed by atoms with Gasteiger partial charge in [0, 0.05) is 12.1 Å². The van der Waals surface area contributed by atoms with Crippen LogP contribution in [-0.4, -0.2) is 23.4 Å². The molecule has 3 aromatic rings. The van der Waals surface area contributed by atoms with Crippen LogP contribution in [0.2, 0.25) is 0 Å². The van der Waals surface area contributed by atoms with Crippen LogP contribution in [0.15, 0.2) is 90.2 Å². The van der Waals surface area contributed by atoms with Gasteiger partial charge in [0.05, 0.1) is 18.2 Å². The number of rotatable bonds is 8. The van der Waals surface area contributed by atoms with Crippen LogP contribution < -0.4 is 9.64 Å². The van der Waals surface area contributed by atoms with E-state index in [1.165, 1.54) is 4.90 Å². The first-order valence-electron chi connectivity index (χ1n) is 11.1. The first-order valence-corrected chi connectivity index (χ1v) is 11.1. The van der Waals surface area contributed by atoms with Crippen molar-refractivity contribution in [3.05, 3.63) is 107 Å². The van der Waals surface area contributed by atoms with E-state index in [0.29, 0.717) is 24.5 Å². The van der Waals surface area contributed by atoms with E-state index in [2.05, 4.69) is 0 Å². The monoisotopic (exact) mass is 441 g/mol. The van der Waals surface area contributed by atoms with Crippen molar-refractivity contribution >= 4 is 17.4 Å². The van der Waals surface area contributed by atoms with Crippen LogP contribution in [0.25, 0.3) is 0 Å². The zero-order valence-corrected chi connectivity index (χ0v) is 18.8. The Hall–Kier alpha value is -3.86. The summed E-state index contributed by atoms with van der Waals surface area (Å²) < 4.78 is 5.51. The molecule has 3 aromatic carbocycles. The molecule has 1 N–H and O–H groups in total. The predicted molar refractivity (Wildman–Crippen MR) is 128 cm³/mol. The summed E-state index contributed by atoms with van der Waals surface area (Å²) in [4.78, 5) is 28.0. The molecule has 0 aromatic heterocycles. The van der Waals surface area contributed by atoms with E-state index >= 15 is 0 Å². The van der Waals surface area contributed by atoms with Crippen LogP contribution in [0.3, 0.4) is 0 Å². The van der Waals surface area contributed by atoms with E-state index in [-0.39, 0.29) is 17.8 Å². The lowest BCUT2D eigenvalue weighted by atomic mass is 9.92. The van der Waals surface area contributed by atoms with Crippen LogP contribution in [0.5, 0.6) is 5.75 Å². The summed E-state index contributed by atoms with van der Waals surface area (Å²) in [6.07, 6.45) is 0.740. The Morgan fingerprint density at radius 1 is 1.00 bits per heavy atom. The largest absolute Gasteiger partial charge is 0.503 e. The van der Waals surface area contributed by atoms with Crippen molar-refractivity contribution in [3.8, 4) is 5.75 Å². The highest BCUT2D eigenvalue weighted by molar-refractivity contribution is 6.16. The molecule has 1 aliphatic heterocycles. The number of benzene rings is 3. The second-order valence-corrected chi connectivity index (χ2v) is 8.09. The molecule has 33 heavy (non-hydrogen) atoms. The minimum absolute atomic E-state index is 0.149. The van der Waals surface area contributed by atoms with E-state index in [9.17, 15) is 14.7 Å². The summed E-state index contributed by atoms with van der Waals surface area (Å²) in [6.45, 7) is 4.40. The second kappa shape index (κ2) is 9.74. The highest BCUT2D eigenvalue weighted by Crippen LogP contribution is 2.42. The number of anilines is 1. The van der Waals surface area contributed by atoms with Gasteiger partial charge in [-0.15, -0.1) is 0 Å². The van der Waals surface area contributed by atoms with Crippen LogP contribution >= 0.6 is 0 Å². The van der Waals surface area contributed by atoms with E-state index in [4.69, 9.17) is 4.74 Å². The van der Waals surface area contributed by atoms with Crippen molar-refractivity contribution in [2.75, 3.05) is 11.5 Å². The quantitative estimate of drug-likeness (QED) is 0.502. The molecule has 0 saturated carbocycles. The maximum Gasteiger partial charge on any atom is 0.294 e. The lowest BCUT2D eigenvalue weighted by Crippen LogP contribution is -2.31. The number of ether oxygens (including phenoxy) is 1. The molecule has 1 heterocycles. The predicted octanol–water partition coefficient (Wildman–Crippen LogP) is 5.50. The molecule has 1 unspecified atom stereocenters. The number of Topliss-reactive ketones (excluding diaryl/α,β-unsaturated/α-hetero) is 1. The molecular formula is C28H27NO4. The molecule has 5 heteroatoms. The fourth-order valence-corrected chi connectivity index (χ4v) is 4.22. The van der Waals surface area contributed by atoms with Gasteiger partial charge in [-0.05, 0) is 55.7 Å². The molecule has 5 nitrogen and oxygen atoms in total. The van der Waals surface area contributed by atoms with Crippen molar-refractivity contribution in [1.82, 2.24) is 0 Å². The summed E-state index contributed by atoms with van der Waals surface area (Å²) >= 11 is 0. The third-order valence-electron chi connectivity index (χ3n) is 5.78. The van der Waals surface area contributed by atoms with Gasteiger partial charge in [-0.2, -0.15) is 0 Å². The van der Waals surface area contributed by atoms with Crippen molar-refractivity contribution in [2.45, 2.75) is 32.7 Å². The molecule has 4 rings (SSSR count). The Morgan fingerprint density at radius 3 is 2.39 bits per heavy atom. The Kier molecular flexibility index (Phi) is 6.59. The molecule has 1 aliphatic rings. The normalized spacial score (nSPS) is 15.8. The molecule has 1 amide bonds. The summed E-state index contributed by atoms with van der Waals surface area (Å²) in [5.41, 5.74) is 3.56. The number of carbonyl (C=O) groups excluding carboxylic acids is 2. The van der Waals surface area contributed by atoms with E-state index in [1.807, 2.05) is 68.4 Å². The van der Waals surface area contributed by atoms with Crippen LogP contribution in [0, 0.1) is 6.92 Å². The lowest BCUT2D eigenvalue weighted by molar-refractivity contribution is -0.118. The first-order chi connectivity index (χ1) is 16.0. The van der Waals surface area contributed by atoms with Crippen molar-refractivity contribution in [3.63, 3.8) is 0 Å². The van der Waals surface area contributed by atoms with Gasteiger partial charge in [0.1, 0.15) is 5.75 Å². The van der Waals surface area contributed by atoms with E-state index in [1.54, 1.807) is 24.3 Å². The third kappa shape index (κ3) is 4.67. The molecule has 1 atom stereocenters. The number of hydrogen-bond acceptors (Lipinski definition) is 4. The highest BCUT2D eigenvalue weighted by atomic mass is 16.5. The third-order valence-corrected chi connectivity index (χ3v) is 5.78. The molecule has 0 bridgehead atoms. The van der Waals surface area contributed by atoms with E-state index in [0.717, 1.165) is 16.7 Å². The first kappa shape index (κ1) is 22.3. The number of amides is 1. The summed E-state index contributed by atoms with van der Waals surface area (Å²) in [6, 6.07) is 23.8. The zero-order chi connectivity index (χ0) is 23.4. The van der Waals surface area contributed by atoms with Gasteiger partial charge in [0.25, 0.3) is 5.91 Å². The number of aliphatic hydroxyl groups is 1. The van der Waals surface area contributed by atoms with Gasteiger partial charge < -0.3 is 9.84 Å². The molecular weight excluding hydrogens is 414 g/mol. The Morgan fingerprint density at radius 2 is 1.73 bits per heavy atom. The van der Waals surface area contributed by atoms with E-state index < -0.39 is 17.7 Å². The average molecular weight is 442 g/mol. The summed E-state index contributed by atoms with van der Waals surface area (Å²) in [5.74, 6) is -0.594. The Balaban J connectivity index is 1.71. The molecule has 0 saturated heterocycles. The van der Waals surface area contributed by atoms with Crippen molar-refractivity contribution < 1.29 is 19.4 Å². The van der Waals surface area contributed by atoms with Gasteiger partial charge in [-0.25, -0.2) is 0 Å². The van der Waals surface area contributed by atoms with Gasteiger partial charge >= 0.3 is 0 Å². The van der Waals surface area contributed by atoms with Crippen LogP contribution in [0.4, 0.5) is 5.69 Å². The minimum Gasteiger partial charge on any atom is -0.503 e. The number of carbonyl (C=O) groups is 2. The number of hydrogen-bond donors (Lipinski definition) is 1. The fraction of sp³-hybridized carbons (Fsp3) is 0.214. The second-order valence-electron chi connectivity index (χ2n) is 8.09. The van der Waals surface area contributed by atoms with Crippen molar-refractivity contribution in [1.29, 1.82) is 0 Å². The summed E-state index contributed by atoms with van der Waals surface area (Å²) in [7, 11) is 0. The molecule has 0 fully saturated rings. The lowest BCUT2D eigenvalue weighted by Gasteiger charge is -2.27. The van der Waals surface area contributed by atoms with Crippen LogP contribution in [0.1, 0.15) is 36.1 Å². The number of nitrogens with zero attached hydrogens (tertiary/aromatic N) is 1. The maximum atomic E-state index is 13.3. The highest BCUT2D eigenvalue weighted by Gasteiger charge is 2.44. The standard InChI is InChI=1S/C28H27NO4/c1-3-33-23-15-13-22(14-16-23)29-26(21-11-7-8-19(2)18-21)25(27(31)28(29)32)24(30)17-12-20-9-5-4-6-10-20/h4-11,13-16,18,26,31H,3,12,17H2,1-2H3. The minimum atomic E-state index is -0.696. The van der Waals surface area contributed by atoms with Gasteiger partial charge in [-0.3, -0.25) is 14.5 Å². The van der Waals surface area contributed by atoms with Gasteiger partial charge in [0.15, 0.2) is 11.5 Å². The number of aliphatic hydroxyl groups excluding tert-OH is 1. The summed E-state index contributed by atoms with van der Waals surface area (Å²) in [5, 5.41) is 10.8. The smallest absolute Gasteiger partial charge is 0.294 e. The SMILES string of the molecule is CCOc1ccc(N2C(=O)C(O)=C(C(=O)CCc3ccccc3)C2c2cccc(C)c2)cc1. The Bertz CT molecular complexity index is 1180. The molecule has 0 aliphatic carbocycles. The topological polar surface area (TPSA) is 66.8 Å². The van der Waals surface area contributed by atoms with Crippen molar-refractivity contribution in [2.24, 2.45) is 0 Å².